The Morgan fingerprint density at radius 1 is 1.00 bits per heavy atom. The lowest BCUT2D eigenvalue weighted by molar-refractivity contribution is -0.132. The molecule has 0 aliphatic rings. The fourth-order valence-electron chi connectivity index (χ4n) is 3.36. The van der Waals surface area contributed by atoms with Gasteiger partial charge in [0.25, 0.3) is 0 Å². The fourth-order valence-corrected chi connectivity index (χ4v) is 3.36. The van der Waals surface area contributed by atoms with E-state index in [1.54, 1.807) is 11.0 Å². The number of ether oxygens (including phenoxy) is 1. The first-order valence-corrected chi connectivity index (χ1v) is 9.09. The molecule has 1 heterocycles. The van der Waals surface area contributed by atoms with Crippen LogP contribution in [0, 0.1) is 5.41 Å². The Balaban J connectivity index is 2.32. The maximum Gasteiger partial charge on any atom is 0.174 e. The number of carbonyl (C=O) groups is 1. The highest BCUT2D eigenvalue weighted by Gasteiger charge is 2.49. The van der Waals surface area contributed by atoms with E-state index in [1.165, 1.54) is 6.33 Å². The van der Waals surface area contributed by atoms with Crippen LogP contribution in [0.1, 0.15) is 38.8 Å². The van der Waals surface area contributed by atoms with Gasteiger partial charge < -0.3 is 4.74 Å². The van der Waals surface area contributed by atoms with Crippen molar-refractivity contribution in [3.8, 4) is 5.75 Å². The highest BCUT2D eigenvalue weighted by Crippen LogP contribution is 2.40. The number of carbonyl (C=O) groups excluding carboxylic acids is 1. The van der Waals surface area contributed by atoms with Gasteiger partial charge in [-0.15, -0.1) is 0 Å². The highest BCUT2D eigenvalue weighted by atomic mass is 16.5. The average molecular weight is 363 g/mol. The van der Waals surface area contributed by atoms with Crippen LogP contribution in [-0.2, 0) is 10.3 Å². The molecule has 5 nitrogen and oxygen atoms in total. The normalized spacial score (nSPS) is 13.8. The predicted octanol–water partition coefficient (Wildman–Crippen LogP) is 4.08. The van der Waals surface area contributed by atoms with E-state index in [-0.39, 0.29) is 5.78 Å². The van der Waals surface area contributed by atoms with Gasteiger partial charge in [-0.05, 0) is 30.2 Å². The molecule has 27 heavy (non-hydrogen) atoms. The monoisotopic (exact) mass is 363 g/mol. The van der Waals surface area contributed by atoms with E-state index in [4.69, 9.17) is 4.74 Å². The van der Waals surface area contributed by atoms with E-state index in [1.807, 2.05) is 82.3 Å². The van der Waals surface area contributed by atoms with Crippen LogP contribution >= 0.6 is 0 Å². The lowest BCUT2D eigenvalue weighted by atomic mass is 9.70. The van der Waals surface area contributed by atoms with E-state index in [0.717, 1.165) is 16.9 Å². The summed E-state index contributed by atoms with van der Waals surface area (Å²) in [5, 5.41) is 4.39. The van der Waals surface area contributed by atoms with E-state index in [2.05, 4.69) is 10.1 Å². The third-order valence-corrected chi connectivity index (χ3v) is 4.55. The largest absolute Gasteiger partial charge is 0.494 e. The van der Waals surface area contributed by atoms with Gasteiger partial charge in [0.2, 0.25) is 0 Å². The average Bonchev–Trinajstić information content (AvgIpc) is 3.19. The van der Waals surface area contributed by atoms with Crippen LogP contribution in [0.5, 0.6) is 5.75 Å². The van der Waals surface area contributed by atoms with Gasteiger partial charge in [0, 0.05) is 5.41 Å². The Kier molecular flexibility index (Phi) is 5.13. The van der Waals surface area contributed by atoms with Crippen LogP contribution in [0.2, 0.25) is 0 Å². The second-order valence-electron chi connectivity index (χ2n) is 7.45. The molecule has 0 bridgehead atoms. The SMILES string of the molecule is CCOc1ccc(C(C(=O)C(C)(C)C)(c2ccccc2)n2cncn2)cc1. The first kappa shape index (κ1) is 18.8. The molecule has 0 spiro atoms. The Labute approximate surface area is 160 Å². The lowest BCUT2D eigenvalue weighted by Crippen LogP contribution is -2.49. The number of hydrogen-bond acceptors (Lipinski definition) is 4. The topological polar surface area (TPSA) is 57.0 Å². The van der Waals surface area contributed by atoms with Gasteiger partial charge >= 0.3 is 0 Å². The Morgan fingerprint density at radius 2 is 1.63 bits per heavy atom. The quantitative estimate of drug-likeness (QED) is 0.662. The zero-order valence-corrected chi connectivity index (χ0v) is 16.2. The van der Waals surface area contributed by atoms with Gasteiger partial charge in [0.05, 0.1) is 6.61 Å². The van der Waals surface area contributed by atoms with Crippen molar-refractivity contribution in [1.29, 1.82) is 0 Å². The Bertz CT molecular complexity index is 882. The third-order valence-electron chi connectivity index (χ3n) is 4.55. The van der Waals surface area contributed by atoms with Crippen LogP contribution in [0.25, 0.3) is 0 Å². The fraction of sp³-hybridized carbons (Fsp3) is 0.318. The molecule has 0 radical (unpaired) electrons. The van der Waals surface area contributed by atoms with Gasteiger partial charge in [-0.3, -0.25) is 4.79 Å². The zero-order valence-electron chi connectivity index (χ0n) is 16.2. The molecule has 3 aromatic rings. The molecule has 1 atom stereocenters. The van der Waals surface area contributed by atoms with Crippen LogP contribution in [0.4, 0.5) is 0 Å². The molecule has 3 rings (SSSR count). The summed E-state index contributed by atoms with van der Waals surface area (Å²) in [5.41, 5.74) is -0.0385. The Morgan fingerprint density at radius 3 is 2.15 bits per heavy atom. The molecule has 0 amide bonds. The number of hydrogen-bond donors (Lipinski definition) is 0. The third kappa shape index (κ3) is 3.37. The summed E-state index contributed by atoms with van der Waals surface area (Å²) in [7, 11) is 0. The highest BCUT2D eigenvalue weighted by molar-refractivity contribution is 5.97. The summed E-state index contributed by atoms with van der Waals surface area (Å²) in [5.74, 6) is 0.806. The lowest BCUT2D eigenvalue weighted by Gasteiger charge is -2.38. The van der Waals surface area contributed by atoms with E-state index < -0.39 is 11.0 Å². The van der Waals surface area contributed by atoms with Crippen molar-refractivity contribution in [2.24, 2.45) is 5.41 Å². The van der Waals surface area contributed by atoms with Gasteiger partial charge in [-0.2, -0.15) is 5.10 Å². The predicted molar refractivity (Wildman–Crippen MR) is 105 cm³/mol. The maximum atomic E-state index is 13.9. The minimum atomic E-state index is -1.11. The van der Waals surface area contributed by atoms with Crippen LogP contribution in [0.15, 0.2) is 67.3 Å². The first-order valence-electron chi connectivity index (χ1n) is 9.09. The van der Waals surface area contributed by atoms with Crippen LogP contribution < -0.4 is 4.74 Å². The number of rotatable bonds is 6. The number of nitrogens with zero attached hydrogens (tertiary/aromatic N) is 3. The summed E-state index contributed by atoms with van der Waals surface area (Å²) in [4.78, 5) is 18.0. The van der Waals surface area contributed by atoms with Crippen molar-refractivity contribution < 1.29 is 9.53 Å². The number of ketones is 1. The molecule has 5 heteroatoms. The molecule has 0 aliphatic carbocycles. The number of aromatic nitrogens is 3. The molecule has 1 aromatic heterocycles. The van der Waals surface area contributed by atoms with E-state index >= 15 is 0 Å². The van der Waals surface area contributed by atoms with Gasteiger partial charge in [-0.1, -0.05) is 63.2 Å². The van der Waals surface area contributed by atoms with E-state index in [9.17, 15) is 4.79 Å². The molecule has 0 saturated carbocycles. The summed E-state index contributed by atoms with van der Waals surface area (Å²) in [6.07, 6.45) is 3.06. The van der Waals surface area contributed by atoms with Gasteiger partial charge in [-0.25, -0.2) is 9.67 Å². The van der Waals surface area contributed by atoms with Gasteiger partial charge in [0.15, 0.2) is 11.3 Å². The summed E-state index contributed by atoms with van der Waals surface area (Å²) < 4.78 is 7.24. The second kappa shape index (κ2) is 7.35. The molecule has 0 fully saturated rings. The van der Waals surface area contributed by atoms with Crippen molar-refractivity contribution in [3.05, 3.63) is 78.4 Å². The zero-order chi connectivity index (χ0) is 19.5. The molecule has 140 valence electrons. The summed E-state index contributed by atoms with van der Waals surface area (Å²) >= 11 is 0. The molecule has 0 aliphatic heterocycles. The second-order valence-corrected chi connectivity index (χ2v) is 7.45. The molecule has 1 unspecified atom stereocenters. The molecule has 2 aromatic carbocycles. The number of Topliss-reactive ketones (excluding diaryl/α,β-unsaturated/α-hetero) is 1. The minimum Gasteiger partial charge on any atom is -0.494 e. The Hall–Kier alpha value is -2.95. The van der Waals surface area contributed by atoms with Crippen molar-refractivity contribution in [1.82, 2.24) is 14.8 Å². The van der Waals surface area contributed by atoms with Crippen molar-refractivity contribution in [3.63, 3.8) is 0 Å². The van der Waals surface area contributed by atoms with Crippen molar-refractivity contribution in [2.45, 2.75) is 33.2 Å². The van der Waals surface area contributed by atoms with Crippen LogP contribution in [0.3, 0.4) is 0 Å². The first-order chi connectivity index (χ1) is 12.9. The minimum absolute atomic E-state index is 0.0378. The molecule has 0 N–H and O–H groups in total. The van der Waals surface area contributed by atoms with Crippen molar-refractivity contribution in [2.75, 3.05) is 6.61 Å². The number of benzene rings is 2. The van der Waals surface area contributed by atoms with Crippen LogP contribution in [-0.4, -0.2) is 27.2 Å². The molecular formula is C22H25N3O2. The van der Waals surface area contributed by atoms with Crippen molar-refractivity contribution >= 4 is 5.78 Å². The maximum absolute atomic E-state index is 13.9. The molecular weight excluding hydrogens is 338 g/mol. The smallest absolute Gasteiger partial charge is 0.174 e. The standard InChI is InChI=1S/C22H25N3O2/c1-5-27-19-13-11-18(12-14-19)22(20(26)21(2,3)4,25-16-23-15-24-25)17-9-7-6-8-10-17/h6-16H,5H2,1-4H3. The van der Waals surface area contributed by atoms with Gasteiger partial charge in [0.1, 0.15) is 18.4 Å². The molecule has 0 saturated heterocycles. The summed E-state index contributed by atoms with van der Waals surface area (Å²) in [6.45, 7) is 8.32. The van der Waals surface area contributed by atoms with E-state index in [0.29, 0.717) is 6.61 Å². The summed E-state index contributed by atoms with van der Waals surface area (Å²) in [6, 6.07) is 17.4.